The molecule has 1 amide bonds. The molecule has 0 aliphatic heterocycles. The summed E-state index contributed by atoms with van der Waals surface area (Å²) in [5.74, 6) is 0.188. The number of nitrogens with zero attached hydrogens (tertiary/aromatic N) is 2. The molecule has 1 heterocycles. The van der Waals surface area contributed by atoms with E-state index in [1.165, 1.54) is 16.6 Å². The monoisotopic (exact) mass is 418 g/mol. The van der Waals surface area contributed by atoms with Gasteiger partial charge in [-0.3, -0.25) is 24.0 Å². The first-order valence-electron chi connectivity index (χ1n) is 9.92. The number of aryl methyl sites for hydroxylation is 1. The van der Waals surface area contributed by atoms with E-state index in [-0.39, 0.29) is 37.2 Å². The second kappa shape index (κ2) is 10.6. The Kier molecular flexibility index (Phi) is 8.23. The summed E-state index contributed by atoms with van der Waals surface area (Å²) >= 11 is 0. The molecule has 9 nitrogen and oxygen atoms in total. The van der Waals surface area contributed by atoms with E-state index in [1.807, 2.05) is 39.0 Å². The molecule has 2 rings (SSSR count). The first kappa shape index (κ1) is 23.2. The first-order chi connectivity index (χ1) is 14.3. The van der Waals surface area contributed by atoms with Crippen LogP contribution in [-0.4, -0.2) is 42.3 Å². The van der Waals surface area contributed by atoms with Crippen molar-refractivity contribution in [1.82, 2.24) is 9.55 Å². The Hall–Kier alpha value is -3.07. The number of anilines is 2. The van der Waals surface area contributed by atoms with Gasteiger partial charge in [0.05, 0.1) is 6.61 Å². The molecule has 1 aromatic heterocycles. The number of benzene rings is 1. The van der Waals surface area contributed by atoms with Gasteiger partial charge in [0.2, 0.25) is 0 Å². The number of methoxy groups -OCH3 is 1. The summed E-state index contributed by atoms with van der Waals surface area (Å²) in [7, 11) is 1.49. The normalized spacial score (nSPS) is 11.0. The predicted molar refractivity (Wildman–Crippen MR) is 116 cm³/mol. The number of hydrogen-bond donors (Lipinski definition) is 2. The number of H-pyrrole nitrogens is 1. The summed E-state index contributed by atoms with van der Waals surface area (Å²) in [6.07, 6.45) is 0.754. The SMILES string of the molecule is CCc1ccccc1OCC(=O)N(CCOC)c1c(N)n(CC(C)C)c(=O)[nH]c1=O. The van der Waals surface area contributed by atoms with Crippen molar-refractivity contribution in [2.45, 2.75) is 33.7 Å². The summed E-state index contributed by atoms with van der Waals surface area (Å²) in [6, 6.07) is 7.44. The third-order valence-corrected chi connectivity index (χ3v) is 4.56. The molecule has 0 spiro atoms. The van der Waals surface area contributed by atoms with Crippen LogP contribution in [0.4, 0.5) is 11.5 Å². The number of ether oxygens (including phenoxy) is 2. The quantitative estimate of drug-likeness (QED) is 0.602. The maximum absolute atomic E-state index is 13.0. The van der Waals surface area contributed by atoms with Gasteiger partial charge in [0.25, 0.3) is 11.5 Å². The molecule has 0 aliphatic carbocycles. The van der Waals surface area contributed by atoms with E-state index in [9.17, 15) is 14.4 Å². The van der Waals surface area contributed by atoms with Gasteiger partial charge in [0.1, 0.15) is 11.6 Å². The van der Waals surface area contributed by atoms with Crippen molar-refractivity contribution in [3.05, 3.63) is 50.7 Å². The lowest BCUT2D eigenvalue weighted by Gasteiger charge is -2.25. The van der Waals surface area contributed by atoms with Crippen LogP contribution in [0.25, 0.3) is 0 Å². The van der Waals surface area contributed by atoms with E-state index in [4.69, 9.17) is 15.2 Å². The number of aromatic amines is 1. The average molecular weight is 418 g/mol. The first-order valence-corrected chi connectivity index (χ1v) is 9.92. The minimum Gasteiger partial charge on any atom is -0.483 e. The van der Waals surface area contributed by atoms with Crippen molar-refractivity contribution in [2.75, 3.05) is 37.5 Å². The zero-order valence-corrected chi connectivity index (χ0v) is 17.9. The Balaban J connectivity index is 2.38. The molecule has 1 aromatic carbocycles. The van der Waals surface area contributed by atoms with Gasteiger partial charge < -0.3 is 15.2 Å². The fraction of sp³-hybridized carbons (Fsp3) is 0.476. The number of nitrogen functional groups attached to an aromatic ring is 1. The van der Waals surface area contributed by atoms with E-state index in [2.05, 4.69) is 4.98 Å². The number of nitrogens with one attached hydrogen (secondary N) is 1. The third kappa shape index (κ3) is 5.50. The summed E-state index contributed by atoms with van der Waals surface area (Å²) in [4.78, 5) is 41.2. The maximum atomic E-state index is 13.0. The lowest BCUT2D eigenvalue weighted by Crippen LogP contribution is -2.44. The number of carbonyl (C=O) groups is 1. The minimum absolute atomic E-state index is 0.0594. The van der Waals surface area contributed by atoms with Gasteiger partial charge in [-0.05, 0) is 24.0 Å². The van der Waals surface area contributed by atoms with Crippen molar-refractivity contribution < 1.29 is 14.3 Å². The highest BCUT2D eigenvalue weighted by molar-refractivity contribution is 5.96. The Bertz CT molecular complexity index is 980. The molecule has 0 bridgehead atoms. The summed E-state index contributed by atoms with van der Waals surface area (Å²) < 4.78 is 12.1. The molecule has 3 N–H and O–H groups in total. The second-order valence-electron chi connectivity index (χ2n) is 7.29. The standard InChI is InChI=1S/C21H30N4O5/c1-5-15-8-6-7-9-16(15)30-13-17(26)24(10-11-29-4)18-19(22)25(12-14(2)3)21(28)23-20(18)27/h6-9,14H,5,10-13,22H2,1-4H3,(H,23,27,28). The lowest BCUT2D eigenvalue weighted by molar-refractivity contribution is -0.120. The van der Waals surface area contributed by atoms with E-state index in [1.54, 1.807) is 6.07 Å². The molecule has 0 radical (unpaired) electrons. The van der Waals surface area contributed by atoms with Crippen molar-refractivity contribution in [3.63, 3.8) is 0 Å². The summed E-state index contributed by atoms with van der Waals surface area (Å²) in [6.45, 7) is 6.12. The zero-order chi connectivity index (χ0) is 22.3. The molecule has 0 aliphatic rings. The fourth-order valence-corrected chi connectivity index (χ4v) is 3.08. The van der Waals surface area contributed by atoms with Crippen LogP contribution in [0.5, 0.6) is 5.75 Å². The zero-order valence-electron chi connectivity index (χ0n) is 17.9. The maximum Gasteiger partial charge on any atom is 0.330 e. The largest absolute Gasteiger partial charge is 0.483 e. The highest BCUT2D eigenvalue weighted by Gasteiger charge is 2.25. The predicted octanol–water partition coefficient (Wildman–Crippen LogP) is 1.40. The van der Waals surface area contributed by atoms with Crippen LogP contribution in [0, 0.1) is 5.92 Å². The van der Waals surface area contributed by atoms with Crippen LogP contribution >= 0.6 is 0 Å². The van der Waals surface area contributed by atoms with Crippen LogP contribution in [0.1, 0.15) is 26.3 Å². The molecule has 0 saturated heterocycles. The van der Waals surface area contributed by atoms with Crippen molar-refractivity contribution in [3.8, 4) is 5.75 Å². The smallest absolute Gasteiger partial charge is 0.330 e. The highest BCUT2D eigenvalue weighted by atomic mass is 16.5. The molecule has 164 valence electrons. The van der Waals surface area contributed by atoms with Crippen LogP contribution in [0.3, 0.4) is 0 Å². The molecule has 0 atom stereocenters. The van der Waals surface area contributed by atoms with Gasteiger partial charge in [-0.15, -0.1) is 0 Å². The van der Waals surface area contributed by atoms with Crippen LogP contribution in [-0.2, 0) is 22.5 Å². The van der Waals surface area contributed by atoms with Gasteiger partial charge in [-0.25, -0.2) is 4.79 Å². The number of aromatic nitrogens is 2. The van der Waals surface area contributed by atoms with Crippen LogP contribution < -0.4 is 26.6 Å². The van der Waals surface area contributed by atoms with Gasteiger partial charge in [-0.1, -0.05) is 39.0 Å². The summed E-state index contributed by atoms with van der Waals surface area (Å²) in [5.41, 5.74) is 5.72. The van der Waals surface area contributed by atoms with Crippen LogP contribution in [0.15, 0.2) is 33.9 Å². The second-order valence-corrected chi connectivity index (χ2v) is 7.29. The van der Waals surface area contributed by atoms with E-state index < -0.39 is 17.2 Å². The Morgan fingerprint density at radius 1 is 1.27 bits per heavy atom. The van der Waals surface area contributed by atoms with Crippen molar-refractivity contribution in [2.24, 2.45) is 5.92 Å². The Labute approximate surface area is 175 Å². The summed E-state index contributed by atoms with van der Waals surface area (Å²) in [5, 5.41) is 0. The van der Waals surface area contributed by atoms with Gasteiger partial charge in [-0.2, -0.15) is 0 Å². The number of amides is 1. The number of hydrogen-bond acceptors (Lipinski definition) is 6. The van der Waals surface area contributed by atoms with Crippen molar-refractivity contribution in [1.29, 1.82) is 0 Å². The van der Waals surface area contributed by atoms with E-state index >= 15 is 0 Å². The molecular formula is C21H30N4O5. The molecule has 0 fully saturated rings. The average Bonchev–Trinajstić information content (AvgIpc) is 2.71. The Morgan fingerprint density at radius 3 is 2.60 bits per heavy atom. The molecular weight excluding hydrogens is 388 g/mol. The third-order valence-electron chi connectivity index (χ3n) is 4.56. The minimum atomic E-state index is -0.726. The van der Waals surface area contributed by atoms with E-state index in [0.29, 0.717) is 12.3 Å². The van der Waals surface area contributed by atoms with Gasteiger partial charge in [0.15, 0.2) is 12.3 Å². The topological polar surface area (TPSA) is 120 Å². The number of carbonyl (C=O) groups excluding carboxylic acids is 1. The number of rotatable bonds is 10. The molecule has 30 heavy (non-hydrogen) atoms. The van der Waals surface area contributed by atoms with Gasteiger partial charge in [0, 0.05) is 20.2 Å². The number of nitrogens with two attached hydrogens (primary N) is 1. The van der Waals surface area contributed by atoms with Gasteiger partial charge >= 0.3 is 5.69 Å². The Morgan fingerprint density at radius 2 is 1.97 bits per heavy atom. The molecule has 0 unspecified atom stereocenters. The van der Waals surface area contributed by atoms with Crippen LogP contribution in [0.2, 0.25) is 0 Å². The molecule has 2 aromatic rings. The molecule has 9 heteroatoms. The highest BCUT2D eigenvalue weighted by Crippen LogP contribution is 2.20. The molecule has 0 saturated carbocycles. The number of para-hydroxylation sites is 1. The fourth-order valence-electron chi connectivity index (χ4n) is 3.08. The van der Waals surface area contributed by atoms with Crippen molar-refractivity contribution >= 4 is 17.4 Å². The van der Waals surface area contributed by atoms with E-state index in [0.717, 1.165) is 12.0 Å². The lowest BCUT2D eigenvalue weighted by atomic mass is 10.1.